The zero-order valence-corrected chi connectivity index (χ0v) is 17.1. The van der Waals surface area contributed by atoms with Crippen molar-refractivity contribution >= 4 is 15.7 Å². The largest absolute Gasteiger partial charge is 0.494 e. The highest BCUT2D eigenvalue weighted by atomic mass is 32.2. The van der Waals surface area contributed by atoms with Gasteiger partial charge in [-0.1, -0.05) is 25.5 Å². The Morgan fingerprint density at radius 1 is 1.00 bits per heavy atom. The Morgan fingerprint density at radius 2 is 1.69 bits per heavy atom. The molecule has 0 aliphatic carbocycles. The molecule has 7 nitrogen and oxygen atoms in total. The minimum Gasteiger partial charge on any atom is -0.494 e. The monoisotopic (exact) mass is 413 g/mol. The maximum atomic E-state index is 12.6. The van der Waals surface area contributed by atoms with Gasteiger partial charge in [-0.05, 0) is 48.9 Å². The summed E-state index contributed by atoms with van der Waals surface area (Å²) in [4.78, 5) is 11.6. The van der Waals surface area contributed by atoms with E-state index in [9.17, 15) is 13.2 Å². The third-order valence-electron chi connectivity index (χ3n) is 4.29. The van der Waals surface area contributed by atoms with Crippen molar-refractivity contribution in [2.45, 2.75) is 24.7 Å². The van der Waals surface area contributed by atoms with Crippen LogP contribution in [0.15, 0.2) is 70.4 Å². The Balaban J connectivity index is 1.71. The number of rotatable bonds is 8. The first-order valence-corrected chi connectivity index (χ1v) is 10.8. The van der Waals surface area contributed by atoms with E-state index >= 15 is 0 Å². The van der Waals surface area contributed by atoms with E-state index in [1.165, 1.54) is 22.9 Å². The Labute approximate surface area is 170 Å². The van der Waals surface area contributed by atoms with Crippen molar-refractivity contribution in [3.05, 3.63) is 71.0 Å². The van der Waals surface area contributed by atoms with Gasteiger partial charge < -0.3 is 4.74 Å². The molecular weight excluding hydrogens is 390 g/mol. The Morgan fingerprint density at radius 3 is 2.31 bits per heavy atom. The highest BCUT2D eigenvalue weighted by Crippen LogP contribution is 2.22. The van der Waals surface area contributed by atoms with E-state index in [1.54, 1.807) is 49.5 Å². The molecule has 0 unspecified atom stereocenters. The van der Waals surface area contributed by atoms with Crippen molar-refractivity contribution in [3.8, 4) is 17.0 Å². The lowest BCUT2D eigenvalue weighted by Gasteiger charge is -2.10. The first-order valence-electron chi connectivity index (χ1n) is 9.29. The number of hydrogen-bond acceptors (Lipinski definition) is 5. The molecule has 8 heteroatoms. The lowest BCUT2D eigenvalue weighted by molar-refractivity contribution is 0.309. The maximum Gasteiger partial charge on any atom is 0.266 e. The third-order valence-corrected chi connectivity index (χ3v) is 5.69. The predicted octanol–water partition coefficient (Wildman–Crippen LogP) is 3.43. The molecular formula is C21H23N3O4S. The average molecular weight is 413 g/mol. The van der Waals surface area contributed by atoms with Crippen LogP contribution < -0.4 is 15.0 Å². The average Bonchev–Trinajstić information content (AvgIpc) is 2.71. The number of sulfonamides is 1. The van der Waals surface area contributed by atoms with Crippen LogP contribution in [0.25, 0.3) is 11.3 Å². The Hall–Kier alpha value is -3.13. The van der Waals surface area contributed by atoms with Gasteiger partial charge in [-0.3, -0.25) is 9.52 Å². The van der Waals surface area contributed by atoms with Gasteiger partial charge in [0.2, 0.25) is 0 Å². The molecule has 0 aliphatic rings. The number of aryl methyl sites for hydroxylation is 1. The SMILES string of the molecule is CCCCOc1ccc(S(=O)(=O)Nc2ccc(-c3ccc(=O)n(C)n3)cc2)cc1. The van der Waals surface area contributed by atoms with E-state index in [0.29, 0.717) is 23.7 Å². The highest BCUT2D eigenvalue weighted by Gasteiger charge is 2.14. The van der Waals surface area contributed by atoms with Crippen molar-refractivity contribution in [2.24, 2.45) is 7.05 Å². The molecule has 1 N–H and O–H groups in total. The molecule has 0 spiro atoms. The summed E-state index contributed by atoms with van der Waals surface area (Å²) in [7, 11) is -2.13. The van der Waals surface area contributed by atoms with Crippen LogP contribution in [0.3, 0.4) is 0 Å². The number of ether oxygens (including phenoxy) is 1. The fourth-order valence-corrected chi connectivity index (χ4v) is 3.69. The molecule has 29 heavy (non-hydrogen) atoms. The molecule has 0 atom stereocenters. The van der Waals surface area contributed by atoms with E-state index in [2.05, 4.69) is 16.7 Å². The summed E-state index contributed by atoms with van der Waals surface area (Å²) in [6.45, 7) is 2.69. The summed E-state index contributed by atoms with van der Waals surface area (Å²) in [5.74, 6) is 0.645. The molecule has 152 valence electrons. The van der Waals surface area contributed by atoms with Crippen LogP contribution in [0.5, 0.6) is 5.75 Å². The second-order valence-electron chi connectivity index (χ2n) is 6.54. The normalized spacial score (nSPS) is 11.2. The number of aromatic nitrogens is 2. The van der Waals surface area contributed by atoms with Gasteiger partial charge >= 0.3 is 0 Å². The molecule has 0 aliphatic heterocycles. The van der Waals surface area contributed by atoms with E-state index in [-0.39, 0.29) is 10.5 Å². The van der Waals surface area contributed by atoms with Crippen LogP contribution >= 0.6 is 0 Å². The minimum absolute atomic E-state index is 0.157. The van der Waals surface area contributed by atoms with Gasteiger partial charge in [0, 0.05) is 24.4 Å². The number of anilines is 1. The molecule has 1 heterocycles. The van der Waals surface area contributed by atoms with Crippen LogP contribution in [-0.4, -0.2) is 24.8 Å². The zero-order chi connectivity index (χ0) is 20.9. The van der Waals surface area contributed by atoms with Gasteiger partial charge in [0.15, 0.2) is 0 Å². The number of nitrogens with one attached hydrogen (secondary N) is 1. The molecule has 0 saturated carbocycles. The van der Waals surface area contributed by atoms with E-state index in [1.807, 2.05) is 0 Å². The molecule has 3 rings (SSSR count). The number of benzene rings is 2. The molecule has 3 aromatic rings. The molecule has 0 saturated heterocycles. The van der Waals surface area contributed by atoms with Crippen molar-refractivity contribution in [1.82, 2.24) is 9.78 Å². The Bertz CT molecular complexity index is 1120. The van der Waals surface area contributed by atoms with E-state index < -0.39 is 10.0 Å². The van der Waals surface area contributed by atoms with Crippen LogP contribution in [0.2, 0.25) is 0 Å². The number of nitrogens with zero attached hydrogens (tertiary/aromatic N) is 2. The number of hydrogen-bond donors (Lipinski definition) is 1. The number of unbranched alkanes of at least 4 members (excludes halogenated alkanes) is 1. The van der Waals surface area contributed by atoms with Gasteiger partial charge in [0.1, 0.15) is 5.75 Å². The fourth-order valence-electron chi connectivity index (χ4n) is 2.63. The second kappa shape index (κ2) is 8.91. The van der Waals surface area contributed by atoms with Gasteiger partial charge in [-0.15, -0.1) is 0 Å². The van der Waals surface area contributed by atoms with Gasteiger partial charge in [-0.2, -0.15) is 5.10 Å². The maximum absolute atomic E-state index is 12.6. The summed E-state index contributed by atoms with van der Waals surface area (Å²) in [6, 6.07) is 16.2. The smallest absolute Gasteiger partial charge is 0.266 e. The van der Waals surface area contributed by atoms with Gasteiger partial charge in [-0.25, -0.2) is 13.1 Å². The van der Waals surface area contributed by atoms with Crippen LogP contribution in [-0.2, 0) is 17.1 Å². The Kier molecular flexibility index (Phi) is 6.33. The van der Waals surface area contributed by atoms with Crippen molar-refractivity contribution in [3.63, 3.8) is 0 Å². The van der Waals surface area contributed by atoms with Crippen LogP contribution in [0.1, 0.15) is 19.8 Å². The summed E-state index contributed by atoms with van der Waals surface area (Å²) in [6.07, 6.45) is 1.99. The quantitative estimate of drug-likeness (QED) is 0.572. The van der Waals surface area contributed by atoms with Crippen molar-refractivity contribution in [1.29, 1.82) is 0 Å². The lowest BCUT2D eigenvalue weighted by atomic mass is 10.1. The van der Waals surface area contributed by atoms with Crippen molar-refractivity contribution in [2.75, 3.05) is 11.3 Å². The van der Waals surface area contributed by atoms with Gasteiger partial charge in [0.05, 0.1) is 17.2 Å². The van der Waals surface area contributed by atoms with Crippen molar-refractivity contribution < 1.29 is 13.2 Å². The third kappa shape index (κ3) is 5.23. The zero-order valence-electron chi connectivity index (χ0n) is 16.3. The molecule has 2 aromatic carbocycles. The van der Waals surface area contributed by atoms with Gasteiger partial charge in [0.25, 0.3) is 15.6 Å². The molecule has 1 aromatic heterocycles. The summed E-state index contributed by atoms with van der Waals surface area (Å²) >= 11 is 0. The minimum atomic E-state index is -3.71. The van der Waals surface area contributed by atoms with E-state index in [4.69, 9.17) is 4.74 Å². The highest BCUT2D eigenvalue weighted by molar-refractivity contribution is 7.92. The molecule has 0 bridgehead atoms. The summed E-state index contributed by atoms with van der Waals surface area (Å²) < 4.78 is 34.6. The fraction of sp³-hybridized carbons (Fsp3) is 0.238. The lowest BCUT2D eigenvalue weighted by Crippen LogP contribution is -2.18. The summed E-state index contributed by atoms with van der Waals surface area (Å²) in [5, 5.41) is 4.18. The van der Waals surface area contributed by atoms with E-state index in [0.717, 1.165) is 18.4 Å². The molecule has 0 radical (unpaired) electrons. The van der Waals surface area contributed by atoms with Crippen LogP contribution in [0.4, 0.5) is 5.69 Å². The summed E-state index contributed by atoms with van der Waals surface area (Å²) in [5.41, 5.74) is 1.64. The van der Waals surface area contributed by atoms with Crippen LogP contribution in [0, 0.1) is 0 Å². The first-order chi connectivity index (χ1) is 13.9. The molecule has 0 fully saturated rings. The topological polar surface area (TPSA) is 90.3 Å². The second-order valence-corrected chi connectivity index (χ2v) is 8.22. The predicted molar refractivity (Wildman–Crippen MR) is 113 cm³/mol. The standard InChI is InChI=1S/C21H23N3O4S/c1-3-4-15-28-18-9-11-19(12-10-18)29(26,27)23-17-7-5-16(6-8-17)20-13-14-21(25)24(2)22-20/h5-14,23H,3-4,15H2,1-2H3. The first kappa shape index (κ1) is 20.6. The molecule has 0 amide bonds.